The Balaban J connectivity index is 1.00. The average Bonchev–Trinajstić information content (AvgIpc) is 4.02. The van der Waals surface area contributed by atoms with Crippen LogP contribution in [0, 0.1) is 0 Å². The maximum atomic E-state index is 7.04. The zero-order valence-corrected chi connectivity index (χ0v) is 37.2. The molecule has 0 radical (unpaired) electrons. The third-order valence-electron chi connectivity index (χ3n) is 13.0. The number of furan rings is 1. The smallest absolute Gasteiger partial charge is 0.214 e. The van der Waals surface area contributed by atoms with Gasteiger partial charge in [-0.3, -0.25) is 4.40 Å². The highest BCUT2D eigenvalue weighted by molar-refractivity contribution is 7.25. The first-order valence-corrected chi connectivity index (χ1v) is 22.7. The van der Waals surface area contributed by atoms with Crippen molar-refractivity contribution in [2.75, 3.05) is 9.80 Å². The van der Waals surface area contributed by atoms with Gasteiger partial charge < -0.3 is 14.2 Å². The van der Waals surface area contributed by atoms with E-state index in [2.05, 4.69) is 232 Å². The second kappa shape index (κ2) is 13.7. The van der Waals surface area contributed by atoms with Crippen molar-refractivity contribution in [1.29, 1.82) is 0 Å². The van der Waals surface area contributed by atoms with Gasteiger partial charge in [-0.25, -0.2) is 0 Å². The number of rotatable bonds is 6. The van der Waals surface area contributed by atoms with Crippen LogP contribution in [0.3, 0.4) is 0 Å². The third kappa shape index (κ3) is 5.94. The fourth-order valence-corrected chi connectivity index (χ4v) is 11.0. The van der Waals surface area contributed by atoms with Gasteiger partial charge in [0.05, 0.1) is 10.9 Å². The molecule has 5 heteroatoms. The number of anilines is 6. The largest absolute Gasteiger partial charge is 0.439 e. The van der Waals surface area contributed by atoms with Gasteiger partial charge in [0.2, 0.25) is 5.71 Å². The first kappa shape index (κ1) is 37.7. The molecule has 63 heavy (non-hydrogen) atoms. The van der Waals surface area contributed by atoms with E-state index >= 15 is 0 Å². The van der Waals surface area contributed by atoms with Crippen molar-refractivity contribution in [3.05, 3.63) is 187 Å². The predicted octanol–water partition coefficient (Wildman–Crippen LogP) is 17.5. The van der Waals surface area contributed by atoms with Crippen LogP contribution in [0.4, 0.5) is 34.1 Å². The molecule has 0 spiro atoms. The first-order valence-electron chi connectivity index (χ1n) is 21.9. The number of fused-ring (bicyclic) bond motifs is 11. The topological polar surface area (TPSA) is 24.0 Å². The lowest BCUT2D eigenvalue weighted by atomic mass is 9.87. The first-order chi connectivity index (χ1) is 30.5. The lowest BCUT2D eigenvalue weighted by Gasteiger charge is -2.27. The van der Waals surface area contributed by atoms with E-state index in [0.717, 1.165) is 50.8 Å². The van der Waals surface area contributed by atoms with Crippen LogP contribution in [0.2, 0.25) is 0 Å². The summed E-state index contributed by atoms with van der Waals surface area (Å²) in [5.74, 6) is 0. The summed E-state index contributed by atoms with van der Waals surface area (Å²) in [4.78, 5) is 5.90. The summed E-state index contributed by atoms with van der Waals surface area (Å²) in [7, 11) is 0. The number of aromatic nitrogens is 1. The number of benzene rings is 8. The van der Waals surface area contributed by atoms with E-state index < -0.39 is 0 Å². The minimum atomic E-state index is 0.0744. The van der Waals surface area contributed by atoms with E-state index in [9.17, 15) is 0 Å². The molecule has 0 unspecified atom stereocenters. The SMILES string of the molecule is CC(C)(C)c1ccc(N(c2ccccc2)c2ccc3cc4c(cc3c2)sc2c4c3cccc4c5c6ccc(N(c7ccccc7)c7ccc(C(C)(C)C)cc7)cc6oc5n2c43)cc1. The van der Waals surface area contributed by atoms with Gasteiger partial charge in [0.15, 0.2) is 0 Å². The Kier molecular flexibility index (Phi) is 8.20. The predicted molar refractivity (Wildman–Crippen MR) is 271 cm³/mol. The maximum Gasteiger partial charge on any atom is 0.214 e. The second-order valence-electron chi connectivity index (χ2n) is 19.1. The Morgan fingerprint density at radius 1 is 0.429 bits per heavy atom. The van der Waals surface area contributed by atoms with Gasteiger partial charge in [-0.05, 0) is 118 Å². The fourth-order valence-electron chi connectivity index (χ4n) is 9.75. The van der Waals surface area contributed by atoms with Crippen LogP contribution in [0.25, 0.3) is 69.4 Å². The minimum absolute atomic E-state index is 0.0744. The number of thiophene rings is 1. The number of para-hydroxylation sites is 3. The Hall–Kier alpha value is -7.08. The zero-order valence-electron chi connectivity index (χ0n) is 36.4. The minimum Gasteiger partial charge on any atom is -0.439 e. The Morgan fingerprint density at radius 2 is 0.952 bits per heavy atom. The van der Waals surface area contributed by atoms with Crippen LogP contribution in [-0.4, -0.2) is 4.40 Å². The summed E-state index contributed by atoms with van der Waals surface area (Å²) in [5.41, 5.74) is 12.5. The Bertz CT molecular complexity index is 3680. The van der Waals surface area contributed by atoms with E-state index in [0.29, 0.717) is 0 Å². The maximum absolute atomic E-state index is 7.04. The summed E-state index contributed by atoms with van der Waals surface area (Å²) in [6.07, 6.45) is 0. The van der Waals surface area contributed by atoms with Crippen LogP contribution >= 0.6 is 11.3 Å². The highest BCUT2D eigenvalue weighted by Crippen LogP contribution is 2.49. The molecule has 8 aromatic carbocycles. The molecule has 0 N–H and O–H groups in total. The van der Waals surface area contributed by atoms with Gasteiger partial charge in [0.25, 0.3) is 0 Å². The van der Waals surface area contributed by atoms with E-state index in [1.54, 1.807) is 0 Å². The molecular formula is C58H47N3OS. The average molecular weight is 834 g/mol. The number of hydrogen-bond donors (Lipinski definition) is 0. The van der Waals surface area contributed by atoms with Crippen molar-refractivity contribution >= 4 is 115 Å². The standard InChI is InChI=1S/C58H47N3OS/c1-57(2,3)38-21-26-42(27-22-38)59(40-14-9-7-10-15-40)44-25-20-36-33-49-51(34-37(36)32-44)63-56-53(49)48-19-13-18-47-52-46-31-30-45(35-50(46)62-55(52)61(56)54(47)48)60(41-16-11-8-12-17-41)43-28-23-39(24-29-43)58(4,5)6/h7-35H,1-6H3. The van der Waals surface area contributed by atoms with E-state index in [4.69, 9.17) is 4.42 Å². The lowest BCUT2D eigenvalue weighted by molar-refractivity contribution is 0.590. The summed E-state index contributed by atoms with van der Waals surface area (Å²) < 4.78 is 10.7. The van der Waals surface area contributed by atoms with Crippen molar-refractivity contribution in [2.24, 2.45) is 0 Å². The highest BCUT2D eigenvalue weighted by Gasteiger charge is 2.26. The molecule has 4 nitrogen and oxygen atoms in total. The van der Waals surface area contributed by atoms with Gasteiger partial charge in [-0.2, -0.15) is 0 Å². The zero-order chi connectivity index (χ0) is 42.8. The quantitative estimate of drug-likeness (QED) is 0.167. The Labute approximate surface area is 371 Å². The van der Waals surface area contributed by atoms with Crippen LogP contribution in [0.15, 0.2) is 180 Å². The molecule has 4 aromatic heterocycles. The Morgan fingerprint density at radius 3 is 1.54 bits per heavy atom. The molecule has 0 atom stereocenters. The van der Waals surface area contributed by atoms with Crippen molar-refractivity contribution < 1.29 is 4.42 Å². The van der Waals surface area contributed by atoms with Gasteiger partial charge in [-0.15, -0.1) is 11.3 Å². The van der Waals surface area contributed by atoms with E-state index in [1.807, 2.05) is 11.3 Å². The molecule has 4 heterocycles. The summed E-state index contributed by atoms with van der Waals surface area (Å²) in [5, 5.41) is 9.82. The van der Waals surface area contributed by atoms with Gasteiger partial charge >= 0.3 is 0 Å². The summed E-state index contributed by atoms with van der Waals surface area (Å²) in [6, 6.07) is 64.5. The molecule has 0 bridgehead atoms. The van der Waals surface area contributed by atoms with Gasteiger partial charge in [0.1, 0.15) is 10.4 Å². The highest BCUT2D eigenvalue weighted by atomic mass is 32.1. The van der Waals surface area contributed by atoms with Crippen LogP contribution in [0.1, 0.15) is 52.7 Å². The molecule has 0 saturated heterocycles. The molecule has 0 amide bonds. The normalized spacial score (nSPS) is 12.6. The van der Waals surface area contributed by atoms with Crippen LogP contribution < -0.4 is 9.80 Å². The van der Waals surface area contributed by atoms with Gasteiger partial charge in [0, 0.05) is 71.8 Å². The van der Waals surface area contributed by atoms with Crippen molar-refractivity contribution in [1.82, 2.24) is 4.40 Å². The van der Waals surface area contributed by atoms with Gasteiger partial charge in [-0.1, -0.05) is 126 Å². The van der Waals surface area contributed by atoms with Crippen molar-refractivity contribution in [3.8, 4) is 0 Å². The number of nitrogens with zero attached hydrogens (tertiary/aromatic N) is 3. The third-order valence-corrected chi connectivity index (χ3v) is 14.1. The molecule has 0 saturated carbocycles. The molecule has 0 aliphatic heterocycles. The lowest BCUT2D eigenvalue weighted by Crippen LogP contribution is -2.13. The summed E-state index contributed by atoms with van der Waals surface area (Å²) in [6.45, 7) is 13.6. The van der Waals surface area contributed by atoms with Crippen LogP contribution in [0.5, 0.6) is 0 Å². The van der Waals surface area contributed by atoms with Crippen LogP contribution in [-0.2, 0) is 10.8 Å². The fraction of sp³-hybridized carbons (Fsp3) is 0.138. The molecule has 12 rings (SSSR count). The van der Waals surface area contributed by atoms with E-state index in [1.165, 1.54) is 63.9 Å². The van der Waals surface area contributed by atoms with Crippen molar-refractivity contribution in [3.63, 3.8) is 0 Å². The van der Waals surface area contributed by atoms with Crippen molar-refractivity contribution in [2.45, 2.75) is 52.4 Å². The molecule has 0 aliphatic rings. The molecule has 12 aromatic rings. The molecular weight excluding hydrogens is 787 g/mol. The number of hydrogen-bond acceptors (Lipinski definition) is 4. The molecule has 0 fully saturated rings. The van der Waals surface area contributed by atoms with E-state index in [-0.39, 0.29) is 10.8 Å². The molecule has 306 valence electrons. The second-order valence-corrected chi connectivity index (χ2v) is 20.1. The monoisotopic (exact) mass is 833 g/mol. The summed E-state index contributed by atoms with van der Waals surface area (Å²) >= 11 is 1.86. The molecule has 0 aliphatic carbocycles.